The second-order valence-electron chi connectivity index (χ2n) is 3.79. The van der Waals surface area contributed by atoms with E-state index in [1.165, 1.54) is 12.1 Å². The fourth-order valence-corrected chi connectivity index (χ4v) is 3.43. The first-order valence-corrected chi connectivity index (χ1v) is 8.16. The van der Waals surface area contributed by atoms with E-state index >= 15 is 0 Å². The normalized spacial score (nSPS) is 11.8. The van der Waals surface area contributed by atoms with Crippen LogP contribution in [0.3, 0.4) is 0 Å². The number of hydrogen-bond acceptors (Lipinski definition) is 3. The molecule has 0 amide bonds. The summed E-state index contributed by atoms with van der Waals surface area (Å²) >= 11 is 7.81. The van der Waals surface area contributed by atoms with Crippen molar-refractivity contribution in [2.75, 3.05) is 13.1 Å². The monoisotopic (exact) mass is 368 g/mol. The van der Waals surface area contributed by atoms with Crippen LogP contribution >= 0.6 is 28.1 Å². The predicted octanol–water partition coefficient (Wildman–Crippen LogP) is 2.28. The van der Waals surface area contributed by atoms with Gasteiger partial charge in [-0.3, -0.25) is 0 Å². The molecule has 4 nitrogen and oxygen atoms in total. The van der Waals surface area contributed by atoms with Gasteiger partial charge in [-0.2, -0.15) is 4.31 Å². The van der Waals surface area contributed by atoms with Crippen LogP contribution in [0.5, 0.6) is 0 Å². The number of halogens is 2. The van der Waals surface area contributed by atoms with Crippen LogP contribution in [0.15, 0.2) is 27.6 Å². The zero-order valence-electron chi connectivity index (χ0n) is 10.3. The van der Waals surface area contributed by atoms with E-state index in [2.05, 4.69) is 15.9 Å². The van der Waals surface area contributed by atoms with Gasteiger partial charge in [-0.15, -0.1) is 0 Å². The highest BCUT2D eigenvalue weighted by atomic mass is 79.9. The van der Waals surface area contributed by atoms with E-state index in [-0.39, 0.29) is 29.4 Å². The van der Waals surface area contributed by atoms with Crippen molar-refractivity contribution in [3.63, 3.8) is 0 Å². The molecule has 0 saturated heterocycles. The summed E-state index contributed by atoms with van der Waals surface area (Å²) in [5.74, 6) is -0.789. The predicted molar refractivity (Wildman–Crippen MR) is 79.9 cm³/mol. The first-order chi connectivity index (χ1) is 8.78. The van der Waals surface area contributed by atoms with Crippen molar-refractivity contribution in [2.45, 2.75) is 18.2 Å². The number of benzene rings is 1. The maximum absolute atomic E-state index is 13.8. The molecule has 0 spiro atoms. The molecule has 0 atom stereocenters. The van der Waals surface area contributed by atoms with Crippen LogP contribution in [0.25, 0.3) is 0 Å². The molecule has 2 N–H and O–H groups in total. The first-order valence-electron chi connectivity index (χ1n) is 5.52. The molecule has 1 aromatic carbocycles. The Morgan fingerprint density at radius 3 is 2.63 bits per heavy atom. The van der Waals surface area contributed by atoms with Gasteiger partial charge in [-0.1, -0.05) is 35.1 Å². The van der Waals surface area contributed by atoms with Gasteiger partial charge in [-0.05, 0) is 18.2 Å². The van der Waals surface area contributed by atoms with Crippen LogP contribution in [-0.4, -0.2) is 30.8 Å². The van der Waals surface area contributed by atoms with Crippen molar-refractivity contribution in [2.24, 2.45) is 5.73 Å². The van der Waals surface area contributed by atoms with E-state index < -0.39 is 15.8 Å². The molecule has 0 aliphatic heterocycles. The van der Waals surface area contributed by atoms with Gasteiger partial charge < -0.3 is 5.73 Å². The largest absolute Gasteiger partial charge is 0.393 e. The molecule has 106 valence electrons. The molecule has 1 aromatic rings. The van der Waals surface area contributed by atoms with Gasteiger partial charge >= 0.3 is 0 Å². The van der Waals surface area contributed by atoms with Crippen molar-refractivity contribution < 1.29 is 12.8 Å². The van der Waals surface area contributed by atoms with Gasteiger partial charge in [0.15, 0.2) is 0 Å². The second-order valence-corrected chi connectivity index (χ2v) is 7.13. The third-order valence-electron chi connectivity index (χ3n) is 2.47. The van der Waals surface area contributed by atoms with Crippen molar-refractivity contribution >= 4 is 43.2 Å². The Bertz CT molecular complexity index is 578. The Labute approximate surface area is 126 Å². The van der Waals surface area contributed by atoms with Crippen LogP contribution in [0.1, 0.15) is 13.3 Å². The average Bonchev–Trinajstić information content (AvgIpc) is 2.28. The lowest BCUT2D eigenvalue weighted by Gasteiger charge is -2.20. The Morgan fingerprint density at radius 1 is 1.53 bits per heavy atom. The van der Waals surface area contributed by atoms with E-state index in [9.17, 15) is 12.8 Å². The smallest absolute Gasteiger partial charge is 0.245 e. The molecule has 0 aromatic heterocycles. The highest BCUT2D eigenvalue weighted by Gasteiger charge is 2.26. The summed E-state index contributed by atoms with van der Waals surface area (Å²) in [7, 11) is -3.87. The fraction of sp³-hybridized carbons (Fsp3) is 0.364. The number of sulfonamides is 1. The van der Waals surface area contributed by atoms with Crippen LogP contribution < -0.4 is 5.73 Å². The number of nitrogens with two attached hydrogens (primary N) is 1. The number of hydrogen-bond donors (Lipinski definition) is 1. The molecular weight excluding hydrogens is 355 g/mol. The summed E-state index contributed by atoms with van der Waals surface area (Å²) in [6.07, 6.45) is 0.264. The Kier molecular flexibility index (Phi) is 5.84. The number of thiocarbonyl (C=S) groups is 1. The maximum Gasteiger partial charge on any atom is 0.245 e. The molecule has 1 rings (SSSR count). The minimum absolute atomic E-state index is 0.143. The minimum atomic E-state index is -3.87. The zero-order valence-corrected chi connectivity index (χ0v) is 13.5. The summed E-state index contributed by atoms with van der Waals surface area (Å²) in [5.41, 5.74) is 5.36. The minimum Gasteiger partial charge on any atom is -0.393 e. The second kappa shape index (κ2) is 6.74. The van der Waals surface area contributed by atoms with Crippen LogP contribution in [0.2, 0.25) is 0 Å². The third kappa shape index (κ3) is 4.20. The zero-order chi connectivity index (χ0) is 14.6. The van der Waals surface area contributed by atoms with Crippen molar-refractivity contribution in [3.05, 3.63) is 28.5 Å². The molecule has 0 saturated carbocycles. The molecule has 8 heteroatoms. The molecule has 0 fully saturated rings. The Morgan fingerprint density at radius 2 is 2.16 bits per heavy atom. The Hall–Kier alpha value is -0.570. The summed E-state index contributed by atoms with van der Waals surface area (Å²) in [6, 6.07) is 3.84. The molecule has 0 heterocycles. The van der Waals surface area contributed by atoms with Crippen LogP contribution in [0.4, 0.5) is 4.39 Å². The molecule has 0 unspecified atom stereocenters. The average molecular weight is 369 g/mol. The summed E-state index contributed by atoms with van der Waals surface area (Å²) in [5, 5.41) is 0. The van der Waals surface area contributed by atoms with Gasteiger partial charge in [0.2, 0.25) is 10.0 Å². The number of nitrogens with zero attached hydrogens (tertiary/aromatic N) is 1. The summed E-state index contributed by atoms with van der Waals surface area (Å²) < 4.78 is 40.0. The van der Waals surface area contributed by atoms with E-state index in [1.807, 2.05) is 0 Å². The van der Waals surface area contributed by atoms with Gasteiger partial charge in [0.25, 0.3) is 0 Å². The maximum atomic E-state index is 13.8. The number of rotatable bonds is 6. The molecule has 0 bridgehead atoms. The lowest BCUT2D eigenvalue weighted by molar-refractivity contribution is 0.432. The van der Waals surface area contributed by atoms with Crippen LogP contribution in [0, 0.1) is 5.82 Å². The molecule has 0 aliphatic carbocycles. The highest BCUT2D eigenvalue weighted by molar-refractivity contribution is 9.10. The Balaban J connectivity index is 3.09. The van der Waals surface area contributed by atoms with Crippen molar-refractivity contribution in [1.29, 1.82) is 0 Å². The third-order valence-corrected chi connectivity index (χ3v) is 5.18. The van der Waals surface area contributed by atoms with Gasteiger partial charge in [0, 0.05) is 24.0 Å². The van der Waals surface area contributed by atoms with Gasteiger partial charge in [0.05, 0.1) is 4.99 Å². The molecular formula is C11H14BrFN2O2S2. The van der Waals surface area contributed by atoms with Crippen molar-refractivity contribution in [1.82, 2.24) is 4.31 Å². The fourth-order valence-electron chi connectivity index (χ4n) is 1.51. The summed E-state index contributed by atoms with van der Waals surface area (Å²) in [6.45, 7) is 2.04. The van der Waals surface area contributed by atoms with E-state index in [1.54, 1.807) is 6.92 Å². The van der Waals surface area contributed by atoms with Gasteiger partial charge in [0.1, 0.15) is 10.7 Å². The topological polar surface area (TPSA) is 63.4 Å². The van der Waals surface area contributed by atoms with E-state index in [4.69, 9.17) is 18.0 Å². The van der Waals surface area contributed by atoms with E-state index in [0.29, 0.717) is 4.47 Å². The van der Waals surface area contributed by atoms with Crippen molar-refractivity contribution in [3.8, 4) is 0 Å². The lowest BCUT2D eigenvalue weighted by atomic mass is 10.3. The van der Waals surface area contributed by atoms with Crippen LogP contribution in [-0.2, 0) is 10.0 Å². The van der Waals surface area contributed by atoms with Gasteiger partial charge in [-0.25, -0.2) is 12.8 Å². The first kappa shape index (κ1) is 16.5. The standard InChI is InChI=1S/C11H14BrFN2O2S2/c1-2-15(6-5-11(14)18)19(16,17)10-4-3-8(12)7-9(10)13/h3-4,7H,2,5-6H2,1H3,(H2,14,18). The molecule has 0 radical (unpaired) electrons. The molecule has 19 heavy (non-hydrogen) atoms. The van der Waals surface area contributed by atoms with E-state index in [0.717, 1.165) is 10.4 Å². The lowest BCUT2D eigenvalue weighted by Crippen LogP contribution is -2.34. The SMILES string of the molecule is CCN(CCC(N)=S)S(=O)(=O)c1ccc(Br)cc1F. The highest BCUT2D eigenvalue weighted by Crippen LogP contribution is 2.22. The summed E-state index contributed by atoms with van der Waals surface area (Å²) in [4.78, 5) is -0.120. The quantitative estimate of drug-likeness (QED) is 0.782. The molecule has 0 aliphatic rings.